The zero-order valence-electron chi connectivity index (χ0n) is 12.9. The highest BCUT2D eigenvalue weighted by molar-refractivity contribution is 5.18. The van der Waals surface area contributed by atoms with Gasteiger partial charge in [0.1, 0.15) is 12.7 Å². The Morgan fingerprint density at radius 1 is 1.57 bits per heavy atom. The average molecular weight is 295 g/mol. The molecule has 1 N–H and O–H groups in total. The number of nitro groups is 1. The van der Waals surface area contributed by atoms with Crippen LogP contribution in [0, 0.1) is 17.0 Å². The number of nitrogens with zero attached hydrogens (tertiary/aromatic N) is 4. The van der Waals surface area contributed by atoms with Gasteiger partial charge in [0.15, 0.2) is 5.82 Å². The topological polar surface area (TPSA) is 76.2 Å². The molecule has 1 atom stereocenters. The van der Waals surface area contributed by atoms with E-state index in [-0.39, 0.29) is 10.7 Å². The Balaban J connectivity index is 2.01. The van der Waals surface area contributed by atoms with Crippen LogP contribution in [-0.2, 0) is 6.54 Å². The van der Waals surface area contributed by atoms with Crippen molar-refractivity contribution in [3.8, 4) is 0 Å². The van der Waals surface area contributed by atoms with Gasteiger partial charge in [-0.3, -0.25) is 4.90 Å². The van der Waals surface area contributed by atoms with Crippen molar-refractivity contribution in [1.29, 1.82) is 0 Å². The predicted octanol–water partition coefficient (Wildman–Crippen LogP) is 1.56. The molecule has 1 unspecified atom stereocenters. The summed E-state index contributed by atoms with van der Waals surface area (Å²) in [5.74, 6) is 0.797. The highest BCUT2D eigenvalue weighted by Gasteiger charge is 2.23. The fraction of sp³-hybridized carbons (Fsp3) is 0.786. The molecular formula is C14H25N5O2. The lowest BCUT2D eigenvalue weighted by Crippen LogP contribution is -2.47. The van der Waals surface area contributed by atoms with Crippen LogP contribution in [0.3, 0.4) is 0 Å². The maximum Gasteiger partial charge on any atom is 0.342 e. The third kappa shape index (κ3) is 4.01. The molecule has 1 fully saturated rings. The van der Waals surface area contributed by atoms with E-state index in [1.165, 1.54) is 19.0 Å². The summed E-state index contributed by atoms with van der Waals surface area (Å²) in [5, 5.41) is 14.5. The van der Waals surface area contributed by atoms with Gasteiger partial charge in [0.25, 0.3) is 0 Å². The first-order chi connectivity index (χ1) is 10.1. The quantitative estimate of drug-likeness (QED) is 0.610. The van der Waals surface area contributed by atoms with Crippen LogP contribution in [0.2, 0.25) is 0 Å². The van der Waals surface area contributed by atoms with Crippen LogP contribution in [0.4, 0.5) is 5.82 Å². The highest BCUT2D eigenvalue weighted by atomic mass is 16.6. The van der Waals surface area contributed by atoms with Crippen molar-refractivity contribution in [2.24, 2.45) is 0 Å². The maximum absolute atomic E-state index is 11.0. The standard InChI is InChI=1S/C14H25N5O2/c1-3-7-17(13-5-4-6-15-10-13)8-9-18-12(2)16-11-14(18)19(20)21/h11,13,15H,3-10H2,1-2H3. The SMILES string of the molecule is CCCN(CCn1c([N+](=O)[O-])cnc1C)C1CCCNC1. The van der Waals surface area contributed by atoms with Gasteiger partial charge in [-0.15, -0.1) is 0 Å². The largest absolute Gasteiger partial charge is 0.358 e. The second-order valence-electron chi connectivity index (χ2n) is 5.61. The molecule has 0 saturated carbocycles. The van der Waals surface area contributed by atoms with Crippen LogP contribution < -0.4 is 5.32 Å². The third-order valence-electron chi connectivity index (χ3n) is 4.13. The highest BCUT2D eigenvalue weighted by Crippen LogP contribution is 2.15. The minimum atomic E-state index is -0.355. The molecule has 1 aromatic heterocycles. The number of rotatable bonds is 7. The summed E-state index contributed by atoms with van der Waals surface area (Å²) in [7, 11) is 0. The molecule has 118 valence electrons. The lowest BCUT2D eigenvalue weighted by atomic mass is 10.1. The number of aromatic nitrogens is 2. The van der Waals surface area contributed by atoms with E-state index in [0.717, 1.165) is 32.6 Å². The van der Waals surface area contributed by atoms with Crippen LogP contribution in [0.5, 0.6) is 0 Å². The van der Waals surface area contributed by atoms with Gasteiger partial charge in [-0.2, -0.15) is 0 Å². The number of hydrogen-bond acceptors (Lipinski definition) is 5. The van der Waals surface area contributed by atoms with E-state index < -0.39 is 0 Å². The molecule has 0 bridgehead atoms. The van der Waals surface area contributed by atoms with Crippen molar-refractivity contribution in [2.75, 3.05) is 26.2 Å². The number of hydrogen-bond donors (Lipinski definition) is 1. The Morgan fingerprint density at radius 2 is 2.38 bits per heavy atom. The lowest BCUT2D eigenvalue weighted by Gasteiger charge is -2.34. The second-order valence-corrected chi connectivity index (χ2v) is 5.61. The molecule has 0 radical (unpaired) electrons. The molecule has 7 nitrogen and oxygen atoms in total. The van der Waals surface area contributed by atoms with Gasteiger partial charge in [0, 0.05) is 26.1 Å². The Labute approximate surface area is 125 Å². The Morgan fingerprint density at radius 3 is 3.00 bits per heavy atom. The molecule has 7 heteroatoms. The van der Waals surface area contributed by atoms with Crippen LogP contribution in [0.1, 0.15) is 32.0 Å². The normalized spacial score (nSPS) is 19.1. The summed E-state index contributed by atoms with van der Waals surface area (Å²) >= 11 is 0. The molecule has 1 saturated heterocycles. The monoisotopic (exact) mass is 295 g/mol. The Hall–Kier alpha value is -1.47. The Bertz CT molecular complexity index is 468. The summed E-state index contributed by atoms with van der Waals surface area (Å²) in [6.07, 6.45) is 4.86. The van der Waals surface area contributed by atoms with E-state index in [1.54, 1.807) is 4.57 Å². The van der Waals surface area contributed by atoms with Gasteiger partial charge < -0.3 is 15.4 Å². The number of piperidine rings is 1. The van der Waals surface area contributed by atoms with E-state index in [0.29, 0.717) is 18.4 Å². The molecule has 0 aliphatic carbocycles. The first-order valence-electron chi connectivity index (χ1n) is 7.74. The van der Waals surface area contributed by atoms with Gasteiger partial charge in [-0.25, -0.2) is 9.55 Å². The van der Waals surface area contributed by atoms with Gasteiger partial charge in [0.05, 0.1) is 0 Å². The molecule has 0 amide bonds. The average Bonchev–Trinajstić information content (AvgIpc) is 2.86. The molecule has 2 rings (SSSR count). The van der Waals surface area contributed by atoms with E-state index in [4.69, 9.17) is 0 Å². The van der Waals surface area contributed by atoms with Crippen molar-refractivity contribution >= 4 is 5.82 Å². The first kappa shape index (κ1) is 15.9. The van der Waals surface area contributed by atoms with Crippen molar-refractivity contribution in [1.82, 2.24) is 19.8 Å². The predicted molar refractivity (Wildman–Crippen MR) is 81.4 cm³/mol. The molecule has 1 aliphatic rings. The van der Waals surface area contributed by atoms with Gasteiger partial charge in [-0.05, 0) is 37.3 Å². The summed E-state index contributed by atoms with van der Waals surface area (Å²) in [4.78, 5) is 17.2. The van der Waals surface area contributed by atoms with Crippen molar-refractivity contribution in [3.63, 3.8) is 0 Å². The number of nitrogens with one attached hydrogen (secondary N) is 1. The second kappa shape index (κ2) is 7.51. The van der Waals surface area contributed by atoms with Crippen molar-refractivity contribution in [2.45, 2.75) is 45.7 Å². The summed E-state index contributed by atoms with van der Waals surface area (Å²) < 4.78 is 1.71. The van der Waals surface area contributed by atoms with Gasteiger partial charge >= 0.3 is 5.82 Å². The summed E-state index contributed by atoms with van der Waals surface area (Å²) in [6.45, 7) is 8.60. The fourth-order valence-corrected chi connectivity index (χ4v) is 3.02. The molecule has 1 aromatic rings. The zero-order chi connectivity index (χ0) is 15.2. The fourth-order valence-electron chi connectivity index (χ4n) is 3.02. The molecule has 21 heavy (non-hydrogen) atoms. The number of aryl methyl sites for hydroxylation is 1. The van der Waals surface area contributed by atoms with Gasteiger partial charge in [0.2, 0.25) is 0 Å². The van der Waals surface area contributed by atoms with E-state index in [1.807, 2.05) is 6.92 Å². The van der Waals surface area contributed by atoms with Crippen molar-refractivity contribution in [3.05, 3.63) is 22.1 Å². The molecule has 0 spiro atoms. The van der Waals surface area contributed by atoms with E-state index >= 15 is 0 Å². The van der Waals surface area contributed by atoms with Crippen LogP contribution >= 0.6 is 0 Å². The maximum atomic E-state index is 11.0. The first-order valence-corrected chi connectivity index (χ1v) is 7.74. The van der Waals surface area contributed by atoms with Crippen LogP contribution in [0.25, 0.3) is 0 Å². The summed E-state index contributed by atoms with van der Waals surface area (Å²) in [5.41, 5.74) is 0. The lowest BCUT2D eigenvalue weighted by molar-refractivity contribution is -0.392. The summed E-state index contributed by atoms with van der Waals surface area (Å²) in [6, 6.07) is 0.543. The van der Waals surface area contributed by atoms with E-state index in [2.05, 4.69) is 22.1 Å². The minimum Gasteiger partial charge on any atom is -0.358 e. The van der Waals surface area contributed by atoms with Crippen LogP contribution in [-0.4, -0.2) is 51.6 Å². The number of imidazole rings is 1. The van der Waals surface area contributed by atoms with Crippen LogP contribution in [0.15, 0.2) is 6.20 Å². The minimum absolute atomic E-state index is 0.0886. The third-order valence-corrected chi connectivity index (χ3v) is 4.13. The van der Waals surface area contributed by atoms with E-state index in [9.17, 15) is 10.1 Å². The molecule has 0 aromatic carbocycles. The molecular weight excluding hydrogens is 270 g/mol. The molecule has 1 aliphatic heterocycles. The van der Waals surface area contributed by atoms with Gasteiger partial charge in [-0.1, -0.05) is 6.92 Å². The zero-order valence-corrected chi connectivity index (χ0v) is 12.9. The van der Waals surface area contributed by atoms with Crippen molar-refractivity contribution < 1.29 is 4.92 Å². The smallest absolute Gasteiger partial charge is 0.342 e. The Kier molecular flexibility index (Phi) is 5.69. The molecule has 2 heterocycles.